The van der Waals surface area contributed by atoms with Crippen LogP contribution in [0.4, 0.5) is 0 Å². The molecule has 1 aliphatic rings. The number of esters is 1. The number of benzene rings is 1. The highest BCUT2D eigenvalue weighted by Crippen LogP contribution is 2.20. The first-order chi connectivity index (χ1) is 16.2. The van der Waals surface area contributed by atoms with Crippen LogP contribution in [-0.2, 0) is 25.7 Å². The third-order valence-corrected chi connectivity index (χ3v) is 6.29. The molecule has 1 heterocycles. The van der Waals surface area contributed by atoms with Crippen molar-refractivity contribution in [3.05, 3.63) is 48.0 Å². The number of ketones is 1. The highest BCUT2D eigenvalue weighted by molar-refractivity contribution is 6.09. The molecule has 1 saturated heterocycles. The Labute approximate surface area is 201 Å². The molecule has 0 aromatic heterocycles. The van der Waals surface area contributed by atoms with E-state index in [-0.39, 0.29) is 12.4 Å². The van der Waals surface area contributed by atoms with Crippen molar-refractivity contribution in [3.8, 4) is 0 Å². The second-order valence-electron chi connectivity index (χ2n) is 9.23. The van der Waals surface area contributed by atoms with E-state index in [1.165, 1.54) is 77.0 Å². The van der Waals surface area contributed by atoms with Gasteiger partial charge in [0, 0.05) is 0 Å². The quantitative estimate of drug-likeness (QED) is 0.0936. The molecular formula is C29H44O4. The number of rotatable bonds is 19. The molecule has 0 N–H and O–H groups in total. The van der Waals surface area contributed by atoms with Crippen molar-refractivity contribution in [1.29, 1.82) is 0 Å². The third-order valence-electron chi connectivity index (χ3n) is 6.29. The number of carbonyl (C=O) groups is 2. The Morgan fingerprint density at radius 1 is 0.788 bits per heavy atom. The van der Waals surface area contributed by atoms with Crippen molar-refractivity contribution in [2.24, 2.45) is 0 Å². The molecule has 0 amide bonds. The van der Waals surface area contributed by atoms with Gasteiger partial charge in [0.05, 0.1) is 6.61 Å². The molecular weight excluding hydrogens is 412 g/mol. The molecule has 1 aromatic rings. The summed E-state index contributed by atoms with van der Waals surface area (Å²) in [6.45, 7) is 2.50. The van der Waals surface area contributed by atoms with E-state index in [0.29, 0.717) is 6.42 Å². The minimum Gasteiger partial charge on any atom is -0.452 e. The van der Waals surface area contributed by atoms with E-state index >= 15 is 0 Å². The summed E-state index contributed by atoms with van der Waals surface area (Å²) < 4.78 is 10.8. The van der Waals surface area contributed by atoms with Gasteiger partial charge < -0.3 is 9.47 Å². The summed E-state index contributed by atoms with van der Waals surface area (Å²) in [6, 6.07) is 9.53. The molecule has 0 saturated carbocycles. The fraction of sp³-hybridized carbons (Fsp3) is 0.655. The van der Waals surface area contributed by atoms with Gasteiger partial charge in [-0.25, -0.2) is 4.79 Å². The van der Waals surface area contributed by atoms with E-state index in [4.69, 9.17) is 9.47 Å². The summed E-state index contributed by atoms with van der Waals surface area (Å²) in [5.74, 6) is -0.799. The molecule has 2 atom stereocenters. The van der Waals surface area contributed by atoms with E-state index in [2.05, 4.69) is 19.1 Å². The molecule has 0 bridgehead atoms. The summed E-state index contributed by atoms with van der Waals surface area (Å²) in [4.78, 5) is 24.4. The van der Waals surface area contributed by atoms with Crippen molar-refractivity contribution in [1.82, 2.24) is 0 Å². The van der Waals surface area contributed by atoms with Gasteiger partial charge in [-0.1, -0.05) is 120 Å². The first kappa shape index (κ1) is 27.3. The maximum atomic E-state index is 12.4. The molecule has 0 aliphatic carbocycles. The van der Waals surface area contributed by atoms with Gasteiger partial charge in [-0.2, -0.15) is 0 Å². The number of hydrogen-bond acceptors (Lipinski definition) is 4. The zero-order chi connectivity index (χ0) is 23.6. The Bertz CT molecular complexity index is 682. The minimum absolute atomic E-state index is 0.234. The minimum atomic E-state index is -1.08. The second kappa shape index (κ2) is 17.5. The molecule has 1 aromatic carbocycles. The maximum Gasteiger partial charge on any atom is 0.343 e. The SMILES string of the molecule is CCCCCCCCCCCCCCC=CCC[C@H]1OC(=O)C(OCc2ccccc2)C1=O. The van der Waals surface area contributed by atoms with Crippen LogP contribution in [0.15, 0.2) is 42.5 Å². The van der Waals surface area contributed by atoms with Crippen LogP contribution >= 0.6 is 0 Å². The van der Waals surface area contributed by atoms with Crippen LogP contribution in [0.25, 0.3) is 0 Å². The van der Waals surface area contributed by atoms with E-state index in [0.717, 1.165) is 18.4 Å². The molecule has 1 fully saturated rings. The van der Waals surface area contributed by atoms with Crippen LogP contribution in [0.3, 0.4) is 0 Å². The average Bonchev–Trinajstić information content (AvgIpc) is 3.10. The first-order valence-electron chi connectivity index (χ1n) is 13.3. The fourth-order valence-electron chi connectivity index (χ4n) is 4.24. The van der Waals surface area contributed by atoms with Gasteiger partial charge in [0.15, 0.2) is 6.10 Å². The number of cyclic esters (lactones) is 1. The van der Waals surface area contributed by atoms with Crippen molar-refractivity contribution < 1.29 is 19.1 Å². The molecule has 4 nitrogen and oxygen atoms in total. The lowest BCUT2D eigenvalue weighted by Gasteiger charge is -2.07. The monoisotopic (exact) mass is 456 g/mol. The van der Waals surface area contributed by atoms with Gasteiger partial charge in [0.2, 0.25) is 11.9 Å². The van der Waals surface area contributed by atoms with Gasteiger partial charge in [-0.05, 0) is 31.2 Å². The van der Waals surface area contributed by atoms with Gasteiger partial charge in [-0.3, -0.25) is 4.79 Å². The van der Waals surface area contributed by atoms with Crippen LogP contribution < -0.4 is 0 Å². The summed E-state index contributed by atoms with van der Waals surface area (Å²) in [6.07, 6.45) is 21.3. The van der Waals surface area contributed by atoms with E-state index in [1.54, 1.807) is 0 Å². The van der Waals surface area contributed by atoms with Crippen LogP contribution in [0.1, 0.15) is 109 Å². The smallest absolute Gasteiger partial charge is 0.343 e. The maximum absolute atomic E-state index is 12.4. The van der Waals surface area contributed by atoms with Crippen molar-refractivity contribution in [3.63, 3.8) is 0 Å². The molecule has 1 aliphatic heterocycles. The standard InChI is InChI=1S/C29H44O4/c1-2-3-4-5-6-7-8-9-10-11-12-13-14-15-16-20-23-26-27(30)28(29(31)33-26)32-24-25-21-18-17-19-22-25/h15-19,21-22,26,28H,2-14,20,23-24H2,1H3/t26-,28?/m1/s1. The molecule has 4 heteroatoms. The Hall–Kier alpha value is -1.94. The van der Waals surface area contributed by atoms with Gasteiger partial charge in [0.25, 0.3) is 0 Å². The third kappa shape index (κ3) is 11.7. The Morgan fingerprint density at radius 3 is 2.00 bits per heavy atom. The normalized spacial score (nSPS) is 18.3. The molecule has 0 spiro atoms. The summed E-state index contributed by atoms with van der Waals surface area (Å²) in [5, 5.41) is 0. The largest absolute Gasteiger partial charge is 0.452 e. The number of carbonyl (C=O) groups excluding carboxylic acids is 2. The van der Waals surface area contributed by atoms with Crippen molar-refractivity contribution in [2.75, 3.05) is 0 Å². The zero-order valence-corrected chi connectivity index (χ0v) is 20.6. The number of ether oxygens (including phenoxy) is 2. The lowest BCUT2D eigenvalue weighted by atomic mass is 10.0. The lowest BCUT2D eigenvalue weighted by Crippen LogP contribution is -2.28. The predicted molar refractivity (Wildman–Crippen MR) is 134 cm³/mol. The summed E-state index contributed by atoms with van der Waals surface area (Å²) >= 11 is 0. The molecule has 33 heavy (non-hydrogen) atoms. The zero-order valence-electron chi connectivity index (χ0n) is 20.6. The summed E-state index contributed by atoms with van der Waals surface area (Å²) in [5.41, 5.74) is 0.933. The topological polar surface area (TPSA) is 52.6 Å². The Balaban J connectivity index is 1.44. The van der Waals surface area contributed by atoms with Crippen LogP contribution in [0.5, 0.6) is 0 Å². The molecule has 0 radical (unpaired) electrons. The van der Waals surface area contributed by atoms with Crippen molar-refractivity contribution >= 4 is 11.8 Å². The number of hydrogen-bond donors (Lipinski definition) is 0. The fourth-order valence-corrected chi connectivity index (χ4v) is 4.24. The highest BCUT2D eigenvalue weighted by Gasteiger charge is 2.43. The highest BCUT2D eigenvalue weighted by atomic mass is 16.6. The second-order valence-corrected chi connectivity index (χ2v) is 9.23. The van der Waals surface area contributed by atoms with Crippen LogP contribution in [0, 0.1) is 0 Å². The predicted octanol–water partition coefficient (Wildman–Crippen LogP) is 7.49. The van der Waals surface area contributed by atoms with Crippen LogP contribution in [0.2, 0.25) is 0 Å². The Kier molecular flexibility index (Phi) is 14.5. The Morgan fingerprint density at radius 2 is 1.36 bits per heavy atom. The van der Waals surface area contributed by atoms with Crippen LogP contribution in [-0.4, -0.2) is 24.0 Å². The van der Waals surface area contributed by atoms with Crippen molar-refractivity contribution in [2.45, 2.75) is 122 Å². The molecule has 184 valence electrons. The number of allylic oxidation sites excluding steroid dienone is 2. The van der Waals surface area contributed by atoms with E-state index in [9.17, 15) is 9.59 Å². The molecule has 1 unspecified atom stereocenters. The summed E-state index contributed by atoms with van der Waals surface area (Å²) in [7, 11) is 0. The average molecular weight is 457 g/mol. The van der Waals surface area contributed by atoms with Gasteiger partial charge in [-0.15, -0.1) is 0 Å². The molecule has 2 rings (SSSR count). The lowest BCUT2D eigenvalue weighted by molar-refractivity contribution is -0.150. The number of unbranched alkanes of at least 4 members (excludes halogenated alkanes) is 12. The first-order valence-corrected chi connectivity index (χ1v) is 13.3. The van der Waals surface area contributed by atoms with Gasteiger partial charge in [0.1, 0.15) is 0 Å². The van der Waals surface area contributed by atoms with E-state index in [1.807, 2.05) is 30.3 Å². The number of Topliss-reactive ketones (excluding diaryl/α,β-unsaturated/α-hetero) is 1. The van der Waals surface area contributed by atoms with E-state index < -0.39 is 18.2 Å². The van der Waals surface area contributed by atoms with Gasteiger partial charge >= 0.3 is 5.97 Å².